The molecule has 0 saturated heterocycles. The van der Waals surface area contributed by atoms with E-state index in [2.05, 4.69) is 71.5 Å². The van der Waals surface area contributed by atoms with Crippen LogP contribution in [0.25, 0.3) is 0 Å². The molecular formula is C20H25N5. The Morgan fingerprint density at radius 2 is 1.88 bits per heavy atom. The van der Waals surface area contributed by atoms with Crippen LogP contribution in [0.3, 0.4) is 0 Å². The van der Waals surface area contributed by atoms with Crippen LogP contribution in [0.1, 0.15) is 48.1 Å². The van der Waals surface area contributed by atoms with Crippen molar-refractivity contribution >= 4 is 5.82 Å². The standard InChI is InChI=1S/C20H25N5/c1-14(2)20-21-9-8-19(23-20)22-12-17-6-5-7-18(11-17)13-25-16(4)10-15(3)24-25/h5-11,14H,12-13H2,1-4H3,(H,21,22,23). The zero-order chi connectivity index (χ0) is 17.8. The van der Waals surface area contributed by atoms with Gasteiger partial charge in [-0.2, -0.15) is 5.10 Å². The van der Waals surface area contributed by atoms with Gasteiger partial charge in [0.05, 0.1) is 12.2 Å². The lowest BCUT2D eigenvalue weighted by molar-refractivity contribution is 0.658. The fourth-order valence-corrected chi connectivity index (χ4v) is 2.79. The molecule has 0 spiro atoms. The van der Waals surface area contributed by atoms with Crippen molar-refractivity contribution in [1.82, 2.24) is 19.7 Å². The van der Waals surface area contributed by atoms with Gasteiger partial charge in [0.15, 0.2) is 0 Å². The molecule has 0 unspecified atom stereocenters. The molecule has 0 amide bonds. The monoisotopic (exact) mass is 335 g/mol. The minimum Gasteiger partial charge on any atom is -0.366 e. The van der Waals surface area contributed by atoms with Crippen molar-refractivity contribution in [3.05, 3.63) is 70.9 Å². The van der Waals surface area contributed by atoms with Gasteiger partial charge in [-0.25, -0.2) is 9.97 Å². The van der Waals surface area contributed by atoms with Gasteiger partial charge in [-0.3, -0.25) is 4.68 Å². The molecule has 5 nitrogen and oxygen atoms in total. The molecule has 0 radical (unpaired) electrons. The number of hydrogen-bond donors (Lipinski definition) is 1. The molecule has 3 rings (SSSR count). The van der Waals surface area contributed by atoms with E-state index >= 15 is 0 Å². The Hall–Kier alpha value is -2.69. The SMILES string of the molecule is Cc1cc(C)n(Cc2cccc(CNc3ccnc(C(C)C)n3)c2)n1. The molecular weight excluding hydrogens is 310 g/mol. The summed E-state index contributed by atoms with van der Waals surface area (Å²) in [6.45, 7) is 9.84. The van der Waals surface area contributed by atoms with Crippen molar-refractivity contribution in [2.75, 3.05) is 5.32 Å². The largest absolute Gasteiger partial charge is 0.366 e. The van der Waals surface area contributed by atoms with Crippen molar-refractivity contribution in [2.24, 2.45) is 0 Å². The number of aromatic nitrogens is 4. The Balaban J connectivity index is 1.67. The molecule has 0 aliphatic rings. The molecule has 130 valence electrons. The molecule has 3 aromatic rings. The summed E-state index contributed by atoms with van der Waals surface area (Å²) in [4.78, 5) is 8.86. The van der Waals surface area contributed by atoms with Crippen LogP contribution >= 0.6 is 0 Å². The molecule has 1 aromatic carbocycles. The molecule has 0 aliphatic carbocycles. The molecule has 25 heavy (non-hydrogen) atoms. The van der Waals surface area contributed by atoms with Crippen LogP contribution in [0.15, 0.2) is 42.6 Å². The summed E-state index contributed by atoms with van der Waals surface area (Å²) in [6.07, 6.45) is 1.81. The van der Waals surface area contributed by atoms with E-state index in [0.717, 1.165) is 30.4 Å². The van der Waals surface area contributed by atoms with Gasteiger partial charge in [-0.05, 0) is 37.1 Å². The Labute approximate surface area is 149 Å². The molecule has 2 aromatic heterocycles. The van der Waals surface area contributed by atoms with Gasteiger partial charge in [0.2, 0.25) is 0 Å². The predicted molar refractivity (Wildman–Crippen MR) is 101 cm³/mol. The van der Waals surface area contributed by atoms with E-state index in [1.165, 1.54) is 16.8 Å². The second kappa shape index (κ2) is 7.47. The number of nitrogens with zero attached hydrogens (tertiary/aromatic N) is 4. The van der Waals surface area contributed by atoms with E-state index in [-0.39, 0.29) is 0 Å². The zero-order valence-corrected chi connectivity index (χ0v) is 15.3. The summed E-state index contributed by atoms with van der Waals surface area (Å²) in [5.74, 6) is 2.05. The molecule has 0 fully saturated rings. The molecule has 5 heteroatoms. The highest BCUT2D eigenvalue weighted by Gasteiger charge is 2.05. The Kier molecular flexibility index (Phi) is 5.12. The number of nitrogens with one attached hydrogen (secondary N) is 1. The van der Waals surface area contributed by atoms with Crippen LogP contribution in [0.5, 0.6) is 0 Å². The van der Waals surface area contributed by atoms with E-state index in [4.69, 9.17) is 0 Å². The Bertz CT molecular complexity index is 851. The molecule has 0 atom stereocenters. The zero-order valence-electron chi connectivity index (χ0n) is 15.3. The molecule has 1 N–H and O–H groups in total. The van der Waals surface area contributed by atoms with Crippen molar-refractivity contribution in [3.63, 3.8) is 0 Å². The molecule has 2 heterocycles. The second-order valence-corrected chi connectivity index (χ2v) is 6.71. The third kappa shape index (κ3) is 4.44. The van der Waals surface area contributed by atoms with Crippen LogP contribution in [0.4, 0.5) is 5.82 Å². The fourth-order valence-electron chi connectivity index (χ4n) is 2.79. The highest BCUT2D eigenvalue weighted by molar-refractivity contribution is 5.35. The van der Waals surface area contributed by atoms with Gasteiger partial charge in [-0.15, -0.1) is 0 Å². The van der Waals surface area contributed by atoms with E-state index < -0.39 is 0 Å². The van der Waals surface area contributed by atoms with Gasteiger partial charge in [0, 0.05) is 24.4 Å². The van der Waals surface area contributed by atoms with Crippen molar-refractivity contribution < 1.29 is 0 Å². The minimum absolute atomic E-state index is 0.325. The maximum atomic E-state index is 4.56. The van der Waals surface area contributed by atoms with Gasteiger partial charge in [0.1, 0.15) is 11.6 Å². The summed E-state index contributed by atoms with van der Waals surface area (Å²) in [5, 5.41) is 7.93. The fraction of sp³-hybridized carbons (Fsp3) is 0.350. The summed E-state index contributed by atoms with van der Waals surface area (Å²) in [7, 11) is 0. The van der Waals surface area contributed by atoms with E-state index in [9.17, 15) is 0 Å². The van der Waals surface area contributed by atoms with Crippen LogP contribution < -0.4 is 5.32 Å². The lowest BCUT2D eigenvalue weighted by atomic mass is 10.1. The van der Waals surface area contributed by atoms with E-state index in [1.54, 1.807) is 0 Å². The van der Waals surface area contributed by atoms with Gasteiger partial charge < -0.3 is 5.32 Å². The number of anilines is 1. The van der Waals surface area contributed by atoms with Crippen molar-refractivity contribution in [3.8, 4) is 0 Å². The lowest BCUT2D eigenvalue weighted by Crippen LogP contribution is -2.07. The normalized spacial score (nSPS) is 11.1. The molecule has 0 aliphatic heterocycles. The summed E-state index contributed by atoms with van der Waals surface area (Å²) >= 11 is 0. The molecule has 0 bridgehead atoms. The third-order valence-electron chi connectivity index (χ3n) is 4.09. The first-order valence-electron chi connectivity index (χ1n) is 8.67. The molecule has 0 saturated carbocycles. The van der Waals surface area contributed by atoms with E-state index in [0.29, 0.717) is 5.92 Å². The number of benzene rings is 1. The van der Waals surface area contributed by atoms with Crippen LogP contribution in [0.2, 0.25) is 0 Å². The summed E-state index contributed by atoms with van der Waals surface area (Å²) < 4.78 is 2.04. The van der Waals surface area contributed by atoms with E-state index in [1.807, 2.05) is 23.9 Å². The smallest absolute Gasteiger partial charge is 0.133 e. The Morgan fingerprint density at radius 1 is 1.08 bits per heavy atom. The maximum absolute atomic E-state index is 4.56. The number of hydrogen-bond acceptors (Lipinski definition) is 4. The van der Waals surface area contributed by atoms with Crippen LogP contribution in [-0.2, 0) is 13.1 Å². The lowest BCUT2D eigenvalue weighted by Gasteiger charge is -2.10. The quantitative estimate of drug-likeness (QED) is 0.737. The topological polar surface area (TPSA) is 55.6 Å². The Morgan fingerprint density at radius 3 is 2.60 bits per heavy atom. The summed E-state index contributed by atoms with van der Waals surface area (Å²) in [6, 6.07) is 12.6. The minimum atomic E-state index is 0.325. The number of rotatable bonds is 6. The van der Waals surface area contributed by atoms with Gasteiger partial charge in [-0.1, -0.05) is 38.1 Å². The van der Waals surface area contributed by atoms with Gasteiger partial charge >= 0.3 is 0 Å². The summed E-state index contributed by atoms with van der Waals surface area (Å²) in [5.41, 5.74) is 4.71. The van der Waals surface area contributed by atoms with Crippen LogP contribution in [-0.4, -0.2) is 19.7 Å². The first kappa shape index (κ1) is 17.1. The van der Waals surface area contributed by atoms with Crippen molar-refractivity contribution in [2.45, 2.75) is 46.7 Å². The maximum Gasteiger partial charge on any atom is 0.133 e. The highest BCUT2D eigenvalue weighted by Crippen LogP contribution is 2.14. The first-order valence-corrected chi connectivity index (χ1v) is 8.67. The number of aryl methyl sites for hydroxylation is 2. The first-order chi connectivity index (χ1) is 12.0. The second-order valence-electron chi connectivity index (χ2n) is 6.71. The van der Waals surface area contributed by atoms with Crippen LogP contribution in [0, 0.1) is 13.8 Å². The predicted octanol–water partition coefficient (Wildman–Crippen LogP) is 4.07. The van der Waals surface area contributed by atoms with Crippen molar-refractivity contribution in [1.29, 1.82) is 0 Å². The average molecular weight is 335 g/mol. The highest BCUT2D eigenvalue weighted by atomic mass is 15.3. The van der Waals surface area contributed by atoms with Gasteiger partial charge in [0.25, 0.3) is 0 Å². The average Bonchev–Trinajstić information content (AvgIpc) is 2.91. The third-order valence-corrected chi connectivity index (χ3v) is 4.09.